The van der Waals surface area contributed by atoms with Gasteiger partial charge in [0, 0.05) is 30.6 Å². The fraction of sp³-hybridized carbons (Fsp3) is 0.364. The van der Waals surface area contributed by atoms with E-state index in [0.717, 1.165) is 73.9 Å². The molecule has 140 valence electrons. The zero-order valence-corrected chi connectivity index (χ0v) is 15.8. The predicted molar refractivity (Wildman–Crippen MR) is 110 cm³/mol. The van der Waals surface area contributed by atoms with Crippen LogP contribution >= 0.6 is 0 Å². The van der Waals surface area contributed by atoms with Crippen LogP contribution in [0.4, 0.5) is 5.82 Å². The molecule has 1 aliphatic heterocycles. The summed E-state index contributed by atoms with van der Waals surface area (Å²) in [7, 11) is 0. The number of hydrogen-bond donors (Lipinski definition) is 1. The van der Waals surface area contributed by atoms with E-state index in [1.54, 1.807) is 0 Å². The van der Waals surface area contributed by atoms with Gasteiger partial charge in [-0.25, -0.2) is 9.97 Å². The fourth-order valence-corrected chi connectivity index (χ4v) is 3.38. The molecule has 1 fully saturated rings. The first-order valence-corrected chi connectivity index (χ1v) is 9.67. The van der Waals surface area contributed by atoms with Crippen LogP contribution in [0, 0.1) is 6.92 Å². The molecule has 27 heavy (non-hydrogen) atoms. The molecule has 5 heteroatoms. The minimum atomic E-state index is 0.768. The maximum Gasteiger partial charge on any atom is 0.162 e. The minimum absolute atomic E-state index is 0.768. The topological polar surface area (TPSA) is 50.3 Å². The van der Waals surface area contributed by atoms with Gasteiger partial charge in [0.1, 0.15) is 5.82 Å². The first-order valence-electron chi connectivity index (χ1n) is 9.67. The normalized spacial score (nSPS) is 15.1. The molecule has 3 aromatic rings. The smallest absolute Gasteiger partial charge is 0.162 e. The van der Waals surface area contributed by atoms with Crippen LogP contribution in [-0.4, -0.2) is 54.3 Å². The molecule has 0 atom stereocenters. The molecule has 1 aliphatic rings. The summed E-state index contributed by atoms with van der Waals surface area (Å²) >= 11 is 0. The van der Waals surface area contributed by atoms with Gasteiger partial charge in [-0.1, -0.05) is 42.0 Å². The third-order valence-corrected chi connectivity index (χ3v) is 4.96. The zero-order chi connectivity index (χ0) is 18.5. The van der Waals surface area contributed by atoms with Crippen LogP contribution in [0.2, 0.25) is 0 Å². The number of anilines is 1. The molecule has 5 nitrogen and oxygen atoms in total. The fourth-order valence-electron chi connectivity index (χ4n) is 3.38. The molecular formula is C22H26N4O. The summed E-state index contributed by atoms with van der Waals surface area (Å²) in [4.78, 5) is 12.1. The number of aromatic nitrogens is 2. The molecule has 2 heterocycles. The van der Waals surface area contributed by atoms with E-state index < -0.39 is 0 Å². The Morgan fingerprint density at radius 2 is 1.78 bits per heavy atom. The number of morpholine rings is 1. The minimum Gasteiger partial charge on any atom is -0.379 e. The van der Waals surface area contributed by atoms with Gasteiger partial charge in [0.2, 0.25) is 0 Å². The maximum atomic E-state index is 5.41. The molecule has 0 spiro atoms. The Morgan fingerprint density at radius 1 is 1.00 bits per heavy atom. The second kappa shape index (κ2) is 8.46. The number of nitrogens with zero attached hydrogens (tertiary/aromatic N) is 3. The highest BCUT2D eigenvalue weighted by Gasteiger charge is 2.11. The Hall–Kier alpha value is -2.50. The summed E-state index contributed by atoms with van der Waals surface area (Å²) in [5, 5.41) is 4.61. The Balaban J connectivity index is 1.50. The number of ether oxygens (including phenoxy) is 1. The molecule has 1 N–H and O–H groups in total. The third-order valence-electron chi connectivity index (χ3n) is 4.96. The van der Waals surface area contributed by atoms with Crippen molar-refractivity contribution in [3.63, 3.8) is 0 Å². The van der Waals surface area contributed by atoms with Gasteiger partial charge in [-0.3, -0.25) is 4.90 Å². The Bertz CT molecular complexity index is 888. The highest BCUT2D eigenvalue weighted by atomic mass is 16.5. The van der Waals surface area contributed by atoms with Gasteiger partial charge >= 0.3 is 0 Å². The molecule has 4 rings (SSSR count). The largest absolute Gasteiger partial charge is 0.379 e. The Kier molecular flexibility index (Phi) is 5.61. The van der Waals surface area contributed by atoms with Crippen molar-refractivity contribution in [1.82, 2.24) is 14.9 Å². The lowest BCUT2D eigenvalue weighted by Gasteiger charge is -2.26. The van der Waals surface area contributed by atoms with E-state index >= 15 is 0 Å². The highest BCUT2D eigenvalue weighted by Crippen LogP contribution is 2.25. The molecule has 0 aliphatic carbocycles. The second-order valence-corrected chi connectivity index (χ2v) is 7.01. The van der Waals surface area contributed by atoms with E-state index in [-0.39, 0.29) is 0 Å². The number of aryl methyl sites for hydroxylation is 1. The molecule has 1 aromatic heterocycles. The number of fused-ring (bicyclic) bond motifs is 1. The van der Waals surface area contributed by atoms with E-state index in [9.17, 15) is 0 Å². The molecule has 0 amide bonds. The van der Waals surface area contributed by atoms with Crippen molar-refractivity contribution in [2.45, 2.75) is 13.3 Å². The van der Waals surface area contributed by atoms with E-state index in [4.69, 9.17) is 14.7 Å². The van der Waals surface area contributed by atoms with E-state index in [1.165, 1.54) is 5.56 Å². The molecule has 0 unspecified atom stereocenters. The summed E-state index contributed by atoms with van der Waals surface area (Å²) in [6, 6.07) is 16.6. The van der Waals surface area contributed by atoms with Crippen LogP contribution in [0.15, 0.2) is 48.5 Å². The Morgan fingerprint density at radius 3 is 2.59 bits per heavy atom. The lowest BCUT2D eigenvalue weighted by atomic mass is 10.1. The Labute approximate surface area is 160 Å². The molecular weight excluding hydrogens is 336 g/mol. The molecule has 0 radical (unpaired) electrons. The van der Waals surface area contributed by atoms with Crippen LogP contribution in [0.3, 0.4) is 0 Å². The van der Waals surface area contributed by atoms with Crippen molar-refractivity contribution in [1.29, 1.82) is 0 Å². The van der Waals surface area contributed by atoms with Gasteiger partial charge in [-0.05, 0) is 32.0 Å². The van der Waals surface area contributed by atoms with E-state index in [2.05, 4.69) is 47.5 Å². The van der Waals surface area contributed by atoms with Crippen LogP contribution in [0.1, 0.15) is 12.0 Å². The van der Waals surface area contributed by atoms with Gasteiger partial charge in [0.15, 0.2) is 5.82 Å². The average Bonchev–Trinajstić information content (AvgIpc) is 2.72. The number of para-hydroxylation sites is 1. The van der Waals surface area contributed by atoms with Gasteiger partial charge in [0.25, 0.3) is 0 Å². The number of nitrogens with one attached hydrogen (secondary N) is 1. The zero-order valence-electron chi connectivity index (χ0n) is 15.8. The second-order valence-electron chi connectivity index (χ2n) is 7.01. The average molecular weight is 362 g/mol. The summed E-state index contributed by atoms with van der Waals surface area (Å²) in [6.07, 6.45) is 1.08. The van der Waals surface area contributed by atoms with E-state index in [1.807, 2.05) is 18.2 Å². The third kappa shape index (κ3) is 4.43. The lowest BCUT2D eigenvalue weighted by Crippen LogP contribution is -2.37. The summed E-state index contributed by atoms with van der Waals surface area (Å²) < 4.78 is 5.41. The SMILES string of the molecule is Cc1ccc(-c2nc(NCCCN3CCOCC3)c3ccccc3n2)cc1. The number of rotatable bonds is 6. The molecule has 2 aromatic carbocycles. The van der Waals surface area contributed by atoms with Crippen molar-refractivity contribution in [2.75, 3.05) is 44.7 Å². The lowest BCUT2D eigenvalue weighted by molar-refractivity contribution is 0.0378. The number of hydrogen-bond acceptors (Lipinski definition) is 5. The summed E-state index contributed by atoms with van der Waals surface area (Å²) in [5.41, 5.74) is 3.25. The van der Waals surface area contributed by atoms with Crippen molar-refractivity contribution in [3.8, 4) is 11.4 Å². The van der Waals surface area contributed by atoms with Crippen molar-refractivity contribution in [2.24, 2.45) is 0 Å². The maximum absolute atomic E-state index is 5.41. The van der Waals surface area contributed by atoms with Crippen molar-refractivity contribution < 1.29 is 4.74 Å². The number of benzene rings is 2. The van der Waals surface area contributed by atoms with E-state index in [0.29, 0.717) is 0 Å². The van der Waals surface area contributed by atoms with Crippen LogP contribution < -0.4 is 5.32 Å². The monoisotopic (exact) mass is 362 g/mol. The van der Waals surface area contributed by atoms with Crippen LogP contribution in [0.5, 0.6) is 0 Å². The van der Waals surface area contributed by atoms with Gasteiger partial charge in [0.05, 0.1) is 18.7 Å². The van der Waals surface area contributed by atoms with Crippen LogP contribution in [-0.2, 0) is 4.74 Å². The van der Waals surface area contributed by atoms with Crippen LogP contribution in [0.25, 0.3) is 22.3 Å². The predicted octanol–water partition coefficient (Wildman–Crippen LogP) is 3.74. The van der Waals surface area contributed by atoms with Crippen molar-refractivity contribution >= 4 is 16.7 Å². The summed E-state index contributed by atoms with van der Waals surface area (Å²) in [5.74, 6) is 1.68. The quantitative estimate of drug-likeness (QED) is 0.677. The molecule has 0 bridgehead atoms. The molecule has 0 saturated carbocycles. The molecule has 1 saturated heterocycles. The standard InChI is InChI=1S/C22H26N4O/c1-17-7-9-18(10-8-17)21-24-20-6-3-2-5-19(20)22(25-21)23-11-4-12-26-13-15-27-16-14-26/h2-3,5-10H,4,11-16H2,1H3,(H,23,24,25). The van der Waals surface area contributed by atoms with Gasteiger partial charge < -0.3 is 10.1 Å². The van der Waals surface area contributed by atoms with Crippen molar-refractivity contribution in [3.05, 3.63) is 54.1 Å². The first-order chi connectivity index (χ1) is 13.3. The van der Waals surface area contributed by atoms with Gasteiger partial charge in [-0.15, -0.1) is 0 Å². The highest BCUT2D eigenvalue weighted by molar-refractivity contribution is 5.90. The first kappa shape index (κ1) is 17.9. The summed E-state index contributed by atoms with van der Waals surface area (Å²) in [6.45, 7) is 7.85. The van der Waals surface area contributed by atoms with Gasteiger partial charge in [-0.2, -0.15) is 0 Å².